The van der Waals surface area contributed by atoms with Crippen molar-refractivity contribution in [3.05, 3.63) is 105 Å². The van der Waals surface area contributed by atoms with Crippen molar-refractivity contribution in [2.45, 2.75) is 19.6 Å². The summed E-state index contributed by atoms with van der Waals surface area (Å²) in [6.45, 7) is -0.302. The highest BCUT2D eigenvalue weighted by Crippen LogP contribution is 2.34. The Labute approximate surface area is 214 Å². The van der Waals surface area contributed by atoms with E-state index in [1.807, 2.05) is 60.7 Å². The molecule has 6 rings (SSSR count). The van der Waals surface area contributed by atoms with Crippen molar-refractivity contribution >= 4 is 16.8 Å². The van der Waals surface area contributed by atoms with Crippen molar-refractivity contribution in [2.24, 2.45) is 0 Å². The number of fused-ring (bicyclic) bond motifs is 2. The lowest BCUT2D eigenvalue weighted by Crippen LogP contribution is -2.42. The molecule has 0 unspecified atom stereocenters. The van der Waals surface area contributed by atoms with Crippen LogP contribution >= 0.6 is 0 Å². The van der Waals surface area contributed by atoms with Crippen molar-refractivity contribution < 1.29 is 18.8 Å². The summed E-state index contributed by atoms with van der Waals surface area (Å²) in [5.41, 5.74) is 0.621. The lowest BCUT2D eigenvalue weighted by atomic mass is 10.2. The summed E-state index contributed by atoms with van der Waals surface area (Å²) in [4.78, 5) is 44.2. The van der Waals surface area contributed by atoms with Gasteiger partial charge in [0, 0.05) is 18.2 Å². The van der Waals surface area contributed by atoms with Crippen molar-refractivity contribution in [3.63, 3.8) is 0 Å². The van der Waals surface area contributed by atoms with Gasteiger partial charge in [-0.05, 0) is 11.6 Å². The molecule has 3 heterocycles. The molecule has 0 aliphatic carbocycles. The average Bonchev–Trinajstić information content (AvgIpc) is 3.62. The van der Waals surface area contributed by atoms with Crippen LogP contribution in [0.2, 0.25) is 0 Å². The van der Waals surface area contributed by atoms with E-state index >= 15 is 0 Å². The zero-order valence-electron chi connectivity index (χ0n) is 20.0. The van der Waals surface area contributed by atoms with Crippen LogP contribution in [-0.4, -0.2) is 32.0 Å². The van der Waals surface area contributed by atoms with Crippen molar-refractivity contribution in [2.75, 3.05) is 6.79 Å². The Kier molecular flexibility index (Phi) is 5.92. The number of nitrogens with one attached hydrogen (secondary N) is 1. The molecule has 0 radical (unpaired) electrons. The third-order valence-electron chi connectivity index (χ3n) is 6.15. The number of hydrogen-bond donors (Lipinski definition) is 1. The van der Waals surface area contributed by atoms with Crippen LogP contribution in [0.25, 0.3) is 22.3 Å². The van der Waals surface area contributed by atoms with Crippen molar-refractivity contribution in [1.82, 2.24) is 24.6 Å². The van der Waals surface area contributed by atoms with E-state index in [1.165, 1.54) is 16.7 Å². The molecule has 11 nitrogen and oxygen atoms in total. The van der Waals surface area contributed by atoms with E-state index in [4.69, 9.17) is 14.0 Å². The molecule has 5 aromatic rings. The van der Waals surface area contributed by atoms with Crippen LogP contribution in [0.3, 0.4) is 0 Å². The summed E-state index contributed by atoms with van der Waals surface area (Å²) < 4.78 is 18.4. The number of hydrogen-bond acceptors (Lipinski definition) is 8. The maximum Gasteiger partial charge on any atom is 0.332 e. The number of ether oxygens (including phenoxy) is 2. The van der Waals surface area contributed by atoms with E-state index < -0.39 is 17.2 Å². The Morgan fingerprint density at radius 2 is 1.63 bits per heavy atom. The molecule has 190 valence electrons. The maximum atomic E-state index is 13.6. The van der Waals surface area contributed by atoms with Gasteiger partial charge in [-0.1, -0.05) is 65.8 Å². The minimum absolute atomic E-state index is 0.00805. The van der Waals surface area contributed by atoms with Crippen LogP contribution in [0.15, 0.2) is 86.9 Å². The van der Waals surface area contributed by atoms with Gasteiger partial charge in [0.2, 0.25) is 24.4 Å². The lowest BCUT2D eigenvalue weighted by Gasteiger charge is -2.14. The van der Waals surface area contributed by atoms with Gasteiger partial charge in [0.15, 0.2) is 11.5 Å². The fraction of sp³-hybridized carbons (Fsp3) is 0.148. The van der Waals surface area contributed by atoms with Gasteiger partial charge in [-0.25, -0.2) is 4.79 Å². The van der Waals surface area contributed by atoms with Gasteiger partial charge in [-0.15, -0.1) is 0 Å². The molecule has 38 heavy (non-hydrogen) atoms. The quantitative estimate of drug-likeness (QED) is 0.352. The molecule has 1 N–H and O–H groups in total. The molecular weight excluding hydrogens is 490 g/mol. The molecule has 11 heteroatoms. The van der Waals surface area contributed by atoms with Gasteiger partial charge in [-0.2, -0.15) is 4.98 Å². The predicted molar refractivity (Wildman–Crippen MR) is 136 cm³/mol. The van der Waals surface area contributed by atoms with Gasteiger partial charge in [-0.3, -0.25) is 18.7 Å². The molecular formula is C27H21N5O6. The number of nitrogens with zero attached hydrogens (tertiary/aromatic N) is 4. The SMILES string of the molecule is O=C(Cn1c(=O)n(Cc2nc(-c3ccccc3)no2)c(=O)c2cc3c(cc21)OCO3)NCc1ccccc1. The lowest BCUT2D eigenvalue weighted by molar-refractivity contribution is -0.121. The van der Waals surface area contributed by atoms with Crippen LogP contribution in [0, 0.1) is 0 Å². The van der Waals surface area contributed by atoms with Gasteiger partial charge in [0.25, 0.3) is 5.56 Å². The molecule has 1 amide bonds. The maximum absolute atomic E-state index is 13.6. The highest BCUT2D eigenvalue weighted by molar-refractivity contribution is 5.84. The third-order valence-corrected chi connectivity index (χ3v) is 6.15. The monoisotopic (exact) mass is 511 g/mol. The van der Waals surface area contributed by atoms with E-state index in [0.29, 0.717) is 23.9 Å². The van der Waals surface area contributed by atoms with E-state index in [9.17, 15) is 14.4 Å². The summed E-state index contributed by atoms with van der Waals surface area (Å²) in [7, 11) is 0. The van der Waals surface area contributed by atoms with Crippen LogP contribution in [0.5, 0.6) is 11.5 Å². The molecule has 0 saturated heterocycles. The number of benzene rings is 3. The van der Waals surface area contributed by atoms with Gasteiger partial charge in [0.1, 0.15) is 13.1 Å². The summed E-state index contributed by atoms with van der Waals surface area (Å²) in [6.07, 6.45) is 0. The Morgan fingerprint density at radius 1 is 0.921 bits per heavy atom. The second-order valence-electron chi connectivity index (χ2n) is 8.62. The third kappa shape index (κ3) is 4.41. The van der Waals surface area contributed by atoms with Crippen LogP contribution < -0.4 is 26.0 Å². The zero-order chi connectivity index (χ0) is 26.1. The smallest absolute Gasteiger partial charge is 0.332 e. The first kappa shape index (κ1) is 23.2. The molecule has 1 aliphatic heterocycles. The minimum Gasteiger partial charge on any atom is -0.454 e. The van der Waals surface area contributed by atoms with Gasteiger partial charge < -0.3 is 19.3 Å². The first-order valence-electron chi connectivity index (χ1n) is 11.8. The summed E-state index contributed by atoms with van der Waals surface area (Å²) in [5, 5.41) is 6.97. The molecule has 0 fully saturated rings. The predicted octanol–water partition coefficient (Wildman–Crippen LogP) is 2.31. The average molecular weight is 511 g/mol. The van der Waals surface area contributed by atoms with Crippen LogP contribution in [0.4, 0.5) is 0 Å². The zero-order valence-corrected chi connectivity index (χ0v) is 20.0. The number of rotatable bonds is 7. The second kappa shape index (κ2) is 9.69. The topological polar surface area (TPSA) is 130 Å². The first-order valence-corrected chi connectivity index (χ1v) is 11.8. The number of aromatic nitrogens is 4. The van der Waals surface area contributed by atoms with E-state index in [-0.39, 0.29) is 36.7 Å². The molecule has 1 aliphatic rings. The van der Waals surface area contributed by atoms with Gasteiger partial charge in [0.05, 0.1) is 10.9 Å². The second-order valence-corrected chi connectivity index (χ2v) is 8.62. The van der Waals surface area contributed by atoms with Gasteiger partial charge >= 0.3 is 5.69 Å². The normalized spacial score (nSPS) is 12.1. The van der Waals surface area contributed by atoms with E-state index in [1.54, 1.807) is 0 Å². The van der Waals surface area contributed by atoms with E-state index in [2.05, 4.69) is 15.5 Å². The fourth-order valence-electron chi connectivity index (χ4n) is 4.25. The number of carbonyl (C=O) groups excluding carboxylic acids is 1. The number of carbonyl (C=O) groups is 1. The Bertz CT molecular complexity index is 1760. The van der Waals surface area contributed by atoms with Crippen LogP contribution in [0.1, 0.15) is 11.5 Å². The molecule has 3 aromatic carbocycles. The molecule has 0 bridgehead atoms. The van der Waals surface area contributed by atoms with Crippen molar-refractivity contribution in [1.29, 1.82) is 0 Å². The first-order chi connectivity index (χ1) is 18.6. The Balaban J connectivity index is 1.38. The van der Waals surface area contributed by atoms with Crippen LogP contribution in [-0.2, 0) is 24.4 Å². The highest BCUT2D eigenvalue weighted by atomic mass is 16.7. The highest BCUT2D eigenvalue weighted by Gasteiger charge is 2.22. The minimum atomic E-state index is -0.698. The summed E-state index contributed by atoms with van der Waals surface area (Å²) in [5.74, 6) is 0.770. The van der Waals surface area contributed by atoms with E-state index in [0.717, 1.165) is 15.7 Å². The van der Waals surface area contributed by atoms with Crippen molar-refractivity contribution in [3.8, 4) is 22.9 Å². The number of amides is 1. The molecule has 0 saturated carbocycles. The molecule has 2 aromatic heterocycles. The molecule has 0 spiro atoms. The summed E-state index contributed by atoms with van der Waals surface area (Å²) in [6, 6.07) is 21.6. The molecule has 0 atom stereocenters. The summed E-state index contributed by atoms with van der Waals surface area (Å²) >= 11 is 0. The fourth-order valence-corrected chi connectivity index (χ4v) is 4.25. The standard InChI is InChI=1S/C27H21N5O6/c33-23(28-13-17-7-3-1-4-8-17)14-31-20-12-22-21(36-16-37-22)11-19(20)26(34)32(27(31)35)15-24-29-25(30-38-24)18-9-5-2-6-10-18/h1-12H,13-16H2,(H,28,33). The Hall–Kier alpha value is -5.19. The largest absolute Gasteiger partial charge is 0.454 e. The Morgan fingerprint density at radius 3 is 2.39 bits per heavy atom.